The summed E-state index contributed by atoms with van der Waals surface area (Å²) in [6.45, 7) is 5.94. The van der Waals surface area contributed by atoms with Crippen LogP contribution in [0.4, 0.5) is 8.78 Å². The van der Waals surface area contributed by atoms with E-state index in [9.17, 15) is 8.78 Å². The molecule has 0 aliphatic heterocycles. The summed E-state index contributed by atoms with van der Waals surface area (Å²) >= 11 is 0. The summed E-state index contributed by atoms with van der Waals surface area (Å²) in [5, 5.41) is 0. The van der Waals surface area contributed by atoms with E-state index < -0.39 is 12.0 Å². The van der Waals surface area contributed by atoms with Gasteiger partial charge in [-0.2, -0.15) is 0 Å². The molecule has 0 bridgehead atoms. The molecule has 1 aromatic rings. The largest absolute Gasteiger partial charge is 0.491 e. The van der Waals surface area contributed by atoms with Gasteiger partial charge in [-0.25, -0.2) is 8.78 Å². The van der Waals surface area contributed by atoms with Crippen LogP contribution in [0.1, 0.15) is 51.9 Å². The number of allylic oxidation sites excluding steroid dienone is 1. The molecular formula is C21H30F2O2. The smallest absolute Gasteiger partial charge is 0.168 e. The van der Waals surface area contributed by atoms with Crippen LogP contribution in [0.2, 0.25) is 0 Å². The first-order valence-corrected chi connectivity index (χ1v) is 9.42. The molecule has 1 unspecified atom stereocenters. The Balaban J connectivity index is 1.70. The van der Waals surface area contributed by atoms with E-state index in [1.807, 2.05) is 6.08 Å². The van der Waals surface area contributed by atoms with Crippen molar-refractivity contribution in [2.45, 2.75) is 58.0 Å². The Morgan fingerprint density at radius 3 is 2.56 bits per heavy atom. The van der Waals surface area contributed by atoms with Crippen LogP contribution in [0.3, 0.4) is 0 Å². The molecule has 2 nitrogen and oxygen atoms in total. The van der Waals surface area contributed by atoms with E-state index in [1.165, 1.54) is 31.4 Å². The molecular weight excluding hydrogens is 322 g/mol. The fraction of sp³-hybridized carbons (Fsp3) is 0.619. The van der Waals surface area contributed by atoms with Gasteiger partial charge < -0.3 is 9.47 Å². The number of halogens is 2. The van der Waals surface area contributed by atoms with Crippen molar-refractivity contribution in [2.24, 2.45) is 11.8 Å². The molecule has 1 aliphatic carbocycles. The van der Waals surface area contributed by atoms with E-state index in [-0.39, 0.29) is 12.4 Å². The highest BCUT2D eigenvalue weighted by Gasteiger charge is 2.23. The van der Waals surface area contributed by atoms with Crippen LogP contribution >= 0.6 is 0 Å². The number of ether oxygens (including phenoxy) is 2. The van der Waals surface area contributed by atoms with E-state index in [0.29, 0.717) is 24.7 Å². The molecule has 0 N–H and O–H groups in total. The highest BCUT2D eigenvalue weighted by atomic mass is 19.1. The van der Waals surface area contributed by atoms with Gasteiger partial charge in [-0.15, -0.1) is 6.58 Å². The number of benzene rings is 1. The van der Waals surface area contributed by atoms with Gasteiger partial charge in [-0.05, 0) is 50.2 Å². The summed E-state index contributed by atoms with van der Waals surface area (Å²) in [6, 6.07) is 4.39. The summed E-state index contributed by atoms with van der Waals surface area (Å²) in [6.07, 6.45) is 8.37. The standard InChI is InChI=1S/C21H30F2O2/c1-3-5-6-16-7-9-17(10-8-16)13-18(22)15-25-19-11-12-21(24-4-2)20(23)14-19/h3,11-12,14,16-18H,1,4-10,13,15H2,2H3. The van der Waals surface area contributed by atoms with Crippen LogP contribution < -0.4 is 9.47 Å². The third kappa shape index (κ3) is 6.68. The van der Waals surface area contributed by atoms with Gasteiger partial charge in [0.1, 0.15) is 18.5 Å². The maximum absolute atomic E-state index is 14.2. The second kappa shape index (κ2) is 10.4. The SMILES string of the molecule is C=CCCC1CCC(CC(F)COc2ccc(OCC)c(F)c2)CC1. The molecule has 0 radical (unpaired) electrons. The van der Waals surface area contributed by atoms with Crippen LogP contribution in [0.5, 0.6) is 11.5 Å². The van der Waals surface area contributed by atoms with E-state index >= 15 is 0 Å². The molecule has 140 valence electrons. The number of hydrogen-bond acceptors (Lipinski definition) is 2. The maximum Gasteiger partial charge on any atom is 0.168 e. The predicted molar refractivity (Wildman–Crippen MR) is 97.5 cm³/mol. The molecule has 2 rings (SSSR count). The van der Waals surface area contributed by atoms with Crippen molar-refractivity contribution in [3.63, 3.8) is 0 Å². The summed E-state index contributed by atoms with van der Waals surface area (Å²) in [5.41, 5.74) is 0. The van der Waals surface area contributed by atoms with Crippen molar-refractivity contribution in [1.82, 2.24) is 0 Å². The third-order valence-corrected chi connectivity index (χ3v) is 4.97. The first-order valence-electron chi connectivity index (χ1n) is 9.42. The van der Waals surface area contributed by atoms with Gasteiger partial charge in [0.25, 0.3) is 0 Å². The van der Waals surface area contributed by atoms with Gasteiger partial charge in [0.05, 0.1) is 6.61 Å². The molecule has 0 heterocycles. The zero-order valence-corrected chi connectivity index (χ0v) is 15.2. The molecule has 1 saturated carbocycles. The molecule has 0 aromatic heterocycles. The minimum absolute atomic E-state index is 0.0240. The van der Waals surface area contributed by atoms with Crippen LogP contribution in [0.15, 0.2) is 30.9 Å². The zero-order valence-electron chi connectivity index (χ0n) is 15.2. The fourth-order valence-corrected chi connectivity index (χ4v) is 3.57. The Morgan fingerprint density at radius 2 is 1.92 bits per heavy atom. The second-order valence-corrected chi connectivity index (χ2v) is 6.92. The molecule has 1 aromatic carbocycles. The fourth-order valence-electron chi connectivity index (χ4n) is 3.57. The summed E-state index contributed by atoms with van der Waals surface area (Å²) in [7, 11) is 0. The van der Waals surface area contributed by atoms with Crippen LogP contribution in [-0.4, -0.2) is 19.4 Å². The minimum atomic E-state index is -1.01. The van der Waals surface area contributed by atoms with Crippen LogP contribution in [0, 0.1) is 17.7 Å². The Labute approximate surface area is 150 Å². The Kier molecular flexibility index (Phi) is 8.23. The van der Waals surface area contributed by atoms with Gasteiger partial charge in [-0.1, -0.05) is 31.8 Å². The lowest BCUT2D eigenvalue weighted by Crippen LogP contribution is -2.21. The second-order valence-electron chi connectivity index (χ2n) is 6.92. The van der Waals surface area contributed by atoms with Gasteiger partial charge >= 0.3 is 0 Å². The van der Waals surface area contributed by atoms with Crippen LogP contribution in [0.25, 0.3) is 0 Å². The number of alkyl halides is 1. The minimum Gasteiger partial charge on any atom is -0.491 e. The number of rotatable bonds is 10. The summed E-state index contributed by atoms with van der Waals surface area (Å²) in [5.74, 6) is 1.27. The van der Waals surface area contributed by atoms with Gasteiger partial charge in [0.15, 0.2) is 11.6 Å². The molecule has 1 aliphatic rings. The molecule has 0 saturated heterocycles. The van der Waals surface area contributed by atoms with Gasteiger partial charge in [-0.3, -0.25) is 0 Å². The van der Waals surface area contributed by atoms with Crippen molar-refractivity contribution < 1.29 is 18.3 Å². The maximum atomic E-state index is 14.2. The lowest BCUT2D eigenvalue weighted by molar-refractivity contribution is 0.145. The highest BCUT2D eigenvalue weighted by molar-refractivity contribution is 5.33. The summed E-state index contributed by atoms with van der Waals surface area (Å²) < 4.78 is 38.5. The normalized spacial score (nSPS) is 21.6. The first-order chi connectivity index (χ1) is 12.1. The molecule has 4 heteroatoms. The number of hydrogen-bond donors (Lipinski definition) is 0. The predicted octanol–water partition coefficient (Wildman–Crippen LogP) is 6.10. The Hall–Kier alpha value is -1.58. The van der Waals surface area contributed by atoms with Crippen LogP contribution in [-0.2, 0) is 0 Å². The van der Waals surface area contributed by atoms with E-state index in [2.05, 4.69) is 6.58 Å². The van der Waals surface area contributed by atoms with E-state index in [0.717, 1.165) is 25.2 Å². The first kappa shape index (κ1) is 19.7. The lowest BCUT2D eigenvalue weighted by atomic mass is 9.78. The van der Waals surface area contributed by atoms with E-state index in [4.69, 9.17) is 9.47 Å². The van der Waals surface area contributed by atoms with Crippen molar-refractivity contribution in [2.75, 3.05) is 13.2 Å². The quantitative estimate of drug-likeness (QED) is 0.473. The monoisotopic (exact) mass is 352 g/mol. The average molecular weight is 352 g/mol. The van der Waals surface area contributed by atoms with E-state index in [1.54, 1.807) is 13.0 Å². The van der Waals surface area contributed by atoms with Crippen molar-refractivity contribution in [3.8, 4) is 11.5 Å². The molecule has 1 fully saturated rings. The van der Waals surface area contributed by atoms with Crippen molar-refractivity contribution >= 4 is 0 Å². The Morgan fingerprint density at radius 1 is 1.20 bits per heavy atom. The molecule has 25 heavy (non-hydrogen) atoms. The molecule has 0 amide bonds. The zero-order chi connectivity index (χ0) is 18.1. The summed E-state index contributed by atoms with van der Waals surface area (Å²) in [4.78, 5) is 0. The highest BCUT2D eigenvalue weighted by Crippen LogP contribution is 2.34. The topological polar surface area (TPSA) is 18.5 Å². The average Bonchev–Trinajstić information content (AvgIpc) is 2.61. The molecule has 1 atom stereocenters. The van der Waals surface area contributed by atoms with Crippen molar-refractivity contribution in [3.05, 3.63) is 36.7 Å². The van der Waals surface area contributed by atoms with Gasteiger partial charge in [0.2, 0.25) is 0 Å². The Bertz CT molecular complexity index is 525. The third-order valence-electron chi connectivity index (χ3n) is 4.97. The van der Waals surface area contributed by atoms with Gasteiger partial charge in [0, 0.05) is 6.07 Å². The lowest BCUT2D eigenvalue weighted by Gasteiger charge is -2.29. The van der Waals surface area contributed by atoms with Crippen molar-refractivity contribution in [1.29, 1.82) is 0 Å². The molecule has 0 spiro atoms.